The third-order valence-electron chi connectivity index (χ3n) is 1.67. The van der Waals surface area contributed by atoms with Crippen LogP contribution in [-0.4, -0.2) is 5.78 Å². The number of carbonyl (C=O) groups excluding carboxylic acids is 1. The summed E-state index contributed by atoms with van der Waals surface area (Å²) in [5.41, 5.74) is 1.61. The van der Waals surface area contributed by atoms with Crippen LogP contribution in [0.25, 0.3) is 6.08 Å². The van der Waals surface area contributed by atoms with E-state index in [-0.39, 0.29) is 5.78 Å². The zero-order valence-corrected chi connectivity index (χ0v) is 7.32. The zero-order valence-electron chi connectivity index (χ0n) is 7.32. The molecule has 13 heavy (non-hydrogen) atoms. The first-order valence-electron chi connectivity index (χ1n) is 3.91. The summed E-state index contributed by atoms with van der Waals surface area (Å²) >= 11 is 0. The van der Waals surface area contributed by atoms with Crippen molar-refractivity contribution < 1.29 is 4.79 Å². The minimum absolute atomic E-state index is 0.0517. The van der Waals surface area contributed by atoms with Crippen molar-refractivity contribution in [3.8, 4) is 6.07 Å². The van der Waals surface area contributed by atoms with Gasteiger partial charge >= 0.3 is 0 Å². The predicted octanol–water partition coefficient (Wildman–Crippen LogP) is 2.43. The van der Waals surface area contributed by atoms with E-state index in [2.05, 4.69) is 0 Å². The number of carbonyl (C=O) groups is 1. The Morgan fingerprint density at radius 3 is 2.46 bits per heavy atom. The molecule has 0 bridgehead atoms. The smallest absolute Gasteiger partial charge is 0.159 e. The molecule has 0 atom stereocenters. The van der Waals surface area contributed by atoms with Crippen molar-refractivity contribution in [2.75, 3.05) is 0 Å². The minimum Gasteiger partial charge on any atom is -0.295 e. The molecule has 0 saturated heterocycles. The molecule has 0 unspecified atom stereocenters. The first kappa shape index (κ1) is 9.21. The maximum absolute atomic E-state index is 10.9. The highest BCUT2D eigenvalue weighted by atomic mass is 16.1. The molecule has 0 spiro atoms. The van der Waals surface area contributed by atoms with Gasteiger partial charge in [-0.3, -0.25) is 4.79 Å². The molecule has 0 fully saturated rings. The molecule has 0 N–H and O–H groups in total. The van der Waals surface area contributed by atoms with Gasteiger partial charge in [0.05, 0.1) is 6.07 Å². The van der Waals surface area contributed by atoms with E-state index in [0.29, 0.717) is 5.56 Å². The lowest BCUT2D eigenvalue weighted by atomic mass is 10.1. The fourth-order valence-electron chi connectivity index (χ4n) is 0.962. The second kappa shape index (κ2) is 4.22. The summed E-state index contributed by atoms with van der Waals surface area (Å²) in [4.78, 5) is 10.9. The van der Waals surface area contributed by atoms with Crippen LogP contribution in [0.2, 0.25) is 0 Å². The SMILES string of the molecule is CC(=O)c1ccc(/C=C\C#N)cc1. The highest BCUT2D eigenvalue weighted by Gasteiger charge is 1.96. The van der Waals surface area contributed by atoms with Crippen LogP contribution < -0.4 is 0 Å². The molecule has 1 aromatic rings. The Hall–Kier alpha value is -1.88. The highest BCUT2D eigenvalue weighted by molar-refractivity contribution is 5.94. The molecular formula is C11H9NO. The number of ketones is 1. The van der Waals surface area contributed by atoms with Gasteiger partial charge in [-0.25, -0.2) is 0 Å². The molecule has 2 nitrogen and oxygen atoms in total. The van der Waals surface area contributed by atoms with Crippen LogP contribution in [0.4, 0.5) is 0 Å². The first-order valence-corrected chi connectivity index (χ1v) is 3.91. The maximum Gasteiger partial charge on any atom is 0.159 e. The Balaban J connectivity index is 2.89. The van der Waals surface area contributed by atoms with Gasteiger partial charge in [-0.15, -0.1) is 0 Å². The van der Waals surface area contributed by atoms with Crippen molar-refractivity contribution in [2.45, 2.75) is 6.92 Å². The Kier molecular flexibility index (Phi) is 2.99. The van der Waals surface area contributed by atoms with E-state index >= 15 is 0 Å². The second-order valence-corrected chi connectivity index (χ2v) is 2.64. The number of Topliss-reactive ketones (excluding diaryl/α,β-unsaturated/α-hetero) is 1. The quantitative estimate of drug-likeness (QED) is 0.506. The molecule has 1 aromatic carbocycles. The van der Waals surface area contributed by atoms with Crippen molar-refractivity contribution in [1.29, 1.82) is 5.26 Å². The van der Waals surface area contributed by atoms with E-state index in [1.807, 2.05) is 18.2 Å². The third-order valence-corrected chi connectivity index (χ3v) is 1.67. The highest BCUT2D eigenvalue weighted by Crippen LogP contribution is 2.06. The number of nitrogens with zero attached hydrogens (tertiary/aromatic N) is 1. The van der Waals surface area contributed by atoms with Gasteiger partial charge < -0.3 is 0 Å². The van der Waals surface area contributed by atoms with Gasteiger partial charge in [0, 0.05) is 11.6 Å². The molecule has 2 heteroatoms. The number of allylic oxidation sites excluding steroid dienone is 1. The van der Waals surface area contributed by atoms with Crippen LogP contribution in [-0.2, 0) is 0 Å². The molecule has 1 rings (SSSR count). The van der Waals surface area contributed by atoms with Crippen LogP contribution in [0.1, 0.15) is 22.8 Å². The zero-order chi connectivity index (χ0) is 9.68. The Morgan fingerprint density at radius 1 is 1.38 bits per heavy atom. The lowest BCUT2D eigenvalue weighted by Crippen LogP contribution is -1.90. The monoisotopic (exact) mass is 171 g/mol. The van der Waals surface area contributed by atoms with Crippen LogP contribution >= 0.6 is 0 Å². The summed E-state index contributed by atoms with van der Waals surface area (Å²) in [6, 6.07) is 9.03. The molecule has 0 aliphatic rings. The van der Waals surface area contributed by atoms with Crippen molar-refractivity contribution >= 4 is 11.9 Å². The molecule has 0 aromatic heterocycles. The van der Waals surface area contributed by atoms with E-state index in [0.717, 1.165) is 5.56 Å². The molecule has 0 radical (unpaired) electrons. The number of nitriles is 1. The lowest BCUT2D eigenvalue weighted by molar-refractivity contribution is 0.101. The summed E-state index contributed by atoms with van der Waals surface area (Å²) in [7, 11) is 0. The average Bonchev–Trinajstić information content (AvgIpc) is 2.15. The normalized spacial score (nSPS) is 9.85. The van der Waals surface area contributed by atoms with Crippen molar-refractivity contribution in [1.82, 2.24) is 0 Å². The summed E-state index contributed by atoms with van der Waals surface area (Å²) in [5.74, 6) is 0.0517. The van der Waals surface area contributed by atoms with E-state index in [9.17, 15) is 4.79 Å². The van der Waals surface area contributed by atoms with Gasteiger partial charge in [0.1, 0.15) is 0 Å². The van der Waals surface area contributed by atoms with E-state index in [4.69, 9.17) is 5.26 Å². The van der Waals surface area contributed by atoms with Crippen LogP contribution in [0.15, 0.2) is 30.3 Å². The van der Waals surface area contributed by atoms with Gasteiger partial charge in [0.15, 0.2) is 5.78 Å². The van der Waals surface area contributed by atoms with Crippen molar-refractivity contribution in [3.05, 3.63) is 41.5 Å². The third kappa shape index (κ3) is 2.57. The van der Waals surface area contributed by atoms with Gasteiger partial charge in [0.2, 0.25) is 0 Å². The Bertz CT molecular complexity index is 368. The number of hydrogen-bond acceptors (Lipinski definition) is 2. The largest absolute Gasteiger partial charge is 0.295 e. The fraction of sp³-hybridized carbons (Fsp3) is 0.0909. The van der Waals surface area contributed by atoms with E-state index < -0.39 is 0 Å². The standard InChI is InChI=1S/C11H9NO/c1-9(13)11-6-4-10(5-7-11)3-2-8-12/h2-7H,1H3/b3-2-. The van der Waals surface area contributed by atoms with Gasteiger partial charge in [-0.05, 0) is 18.6 Å². The maximum atomic E-state index is 10.9. The molecular weight excluding hydrogens is 162 g/mol. The minimum atomic E-state index is 0.0517. The summed E-state index contributed by atoms with van der Waals surface area (Å²) in [6.07, 6.45) is 3.10. The van der Waals surface area contributed by atoms with Gasteiger partial charge in [0.25, 0.3) is 0 Å². The fourth-order valence-corrected chi connectivity index (χ4v) is 0.962. The first-order chi connectivity index (χ1) is 6.24. The molecule has 0 heterocycles. The van der Waals surface area contributed by atoms with Gasteiger partial charge in [-0.1, -0.05) is 24.3 Å². The van der Waals surface area contributed by atoms with Crippen molar-refractivity contribution in [3.63, 3.8) is 0 Å². The van der Waals surface area contributed by atoms with Crippen molar-refractivity contribution in [2.24, 2.45) is 0 Å². The molecule has 0 amide bonds. The number of benzene rings is 1. The summed E-state index contributed by atoms with van der Waals surface area (Å²) in [5, 5.41) is 8.28. The average molecular weight is 171 g/mol. The Labute approximate surface area is 77.1 Å². The molecule has 0 aliphatic heterocycles. The van der Waals surface area contributed by atoms with Crippen LogP contribution in [0.3, 0.4) is 0 Å². The Morgan fingerprint density at radius 2 is 2.00 bits per heavy atom. The van der Waals surface area contributed by atoms with Crippen LogP contribution in [0.5, 0.6) is 0 Å². The summed E-state index contributed by atoms with van der Waals surface area (Å²) in [6.45, 7) is 1.53. The second-order valence-electron chi connectivity index (χ2n) is 2.64. The van der Waals surface area contributed by atoms with Gasteiger partial charge in [-0.2, -0.15) is 5.26 Å². The summed E-state index contributed by atoms with van der Waals surface area (Å²) < 4.78 is 0. The van der Waals surface area contributed by atoms with Crippen LogP contribution in [0, 0.1) is 11.3 Å². The molecule has 0 aliphatic carbocycles. The number of hydrogen-bond donors (Lipinski definition) is 0. The predicted molar refractivity (Wildman–Crippen MR) is 51.1 cm³/mol. The van der Waals surface area contributed by atoms with E-state index in [1.54, 1.807) is 18.2 Å². The molecule has 0 saturated carbocycles. The lowest BCUT2D eigenvalue weighted by Gasteiger charge is -1.95. The number of rotatable bonds is 2. The van der Waals surface area contributed by atoms with E-state index in [1.165, 1.54) is 13.0 Å². The molecule has 64 valence electrons. The topological polar surface area (TPSA) is 40.9 Å².